The van der Waals surface area contributed by atoms with E-state index in [9.17, 15) is 22.8 Å². The number of quaternary nitrogens is 1. The molecule has 240 valence electrons. The number of anilines is 1. The van der Waals surface area contributed by atoms with Gasteiger partial charge in [0, 0.05) is 38.0 Å². The van der Waals surface area contributed by atoms with Gasteiger partial charge in [-0.15, -0.1) is 0 Å². The molecule has 13 heteroatoms. The van der Waals surface area contributed by atoms with Gasteiger partial charge in [0.2, 0.25) is 0 Å². The van der Waals surface area contributed by atoms with Crippen LogP contribution < -0.4 is 20.9 Å². The molecule has 1 aliphatic heterocycles. The largest absolute Gasteiger partial charge is 0.416 e. The molecule has 4 rings (SSSR count). The van der Waals surface area contributed by atoms with E-state index in [0.29, 0.717) is 23.4 Å². The van der Waals surface area contributed by atoms with Crippen molar-refractivity contribution in [3.8, 4) is 11.8 Å². The lowest BCUT2D eigenvalue weighted by atomic mass is 10.1. The van der Waals surface area contributed by atoms with Crippen LogP contribution in [-0.2, 0) is 15.8 Å². The summed E-state index contributed by atoms with van der Waals surface area (Å²) in [5.74, 6) is 0.269. The summed E-state index contributed by atoms with van der Waals surface area (Å²) in [6.07, 6.45) is 0.613. The Labute approximate surface area is 269 Å². The molecule has 1 aliphatic rings. The molecule has 2 aromatic carbocycles. The SMILES string of the molecule is CBr.CCC(CC[NH+]1CCCC1)NC(=O)/C(C(=O)Nc1cccc(C(F)(F)F)c1)=C(/NC)c1ccnn1-c1ccc(C#N)cc1. The average Bonchev–Trinajstić information content (AvgIpc) is 3.75. The highest BCUT2D eigenvalue weighted by molar-refractivity contribution is 9.08. The number of amides is 2. The molecule has 9 nitrogen and oxygen atoms in total. The summed E-state index contributed by atoms with van der Waals surface area (Å²) in [5.41, 5.74) is 0.181. The van der Waals surface area contributed by atoms with Crippen molar-refractivity contribution in [2.45, 2.75) is 44.8 Å². The molecule has 1 aromatic heterocycles. The summed E-state index contributed by atoms with van der Waals surface area (Å²) < 4.78 is 41.6. The quantitative estimate of drug-likeness (QED) is 0.104. The van der Waals surface area contributed by atoms with E-state index in [-0.39, 0.29) is 23.0 Å². The maximum Gasteiger partial charge on any atom is 0.416 e. The first kappa shape index (κ1) is 35.3. The predicted molar refractivity (Wildman–Crippen MR) is 171 cm³/mol. The van der Waals surface area contributed by atoms with Gasteiger partial charge in [0.15, 0.2) is 0 Å². The van der Waals surface area contributed by atoms with Crippen LogP contribution in [0.1, 0.15) is 49.4 Å². The number of carbonyl (C=O) groups is 2. The lowest BCUT2D eigenvalue weighted by molar-refractivity contribution is -0.887. The van der Waals surface area contributed by atoms with E-state index in [1.807, 2.05) is 12.8 Å². The van der Waals surface area contributed by atoms with Crippen molar-refractivity contribution >= 4 is 39.1 Å². The molecule has 3 aromatic rings. The summed E-state index contributed by atoms with van der Waals surface area (Å²) >= 11 is 2.94. The summed E-state index contributed by atoms with van der Waals surface area (Å²) in [6.45, 7) is 5.03. The van der Waals surface area contributed by atoms with E-state index in [1.54, 1.807) is 37.4 Å². The topological polar surface area (TPSA) is 116 Å². The normalized spacial score (nSPS) is 14.4. The lowest BCUT2D eigenvalue weighted by Crippen LogP contribution is -3.10. The van der Waals surface area contributed by atoms with Gasteiger partial charge in [-0.3, -0.25) is 9.59 Å². The first-order chi connectivity index (χ1) is 21.6. The van der Waals surface area contributed by atoms with Gasteiger partial charge in [0.05, 0.1) is 60.1 Å². The van der Waals surface area contributed by atoms with Crippen LogP contribution in [0, 0.1) is 11.3 Å². The third kappa shape index (κ3) is 9.42. The van der Waals surface area contributed by atoms with Gasteiger partial charge in [-0.25, -0.2) is 4.68 Å². The van der Waals surface area contributed by atoms with Crippen molar-refractivity contribution in [2.24, 2.45) is 0 Å². The summed E-state index contributed by atoms with van der Waals surface area (Å²) in [5, 5.41) is 21.9. The number of nitriles is 1. The van der Waals surface area contributed by atoms with Crippen molar-refractivity contribution < 1.29 is 27.7 Å². The molecule has 45 heavy (non-hydrogen) atoms. The minimum absolute atomic E-state index is 0.106. The molecular weight excluding hydrogens is 651 g/mol. The van der Waals surface area contributed by atoms with E-state index in [1.165, 1.54) is 40.8 Å². The summed E-state index contributed by atoms with van der Waals surface area (Å²) in [6, 6.07) is 14.3. The minimum atomic E-state index is -4.60. The van der Waals surface area contributed by atoms with Gasteiger partial charge in [0.25, 0.3) is 11.8 Å². The molecular formula is C32H38BrF3N7O2+. The van der Waals surface area contributed by atoms with Gasteiger partial charge in [0.1, 0.15) is 5.57 Å². The molecule has 2 amide bonds. The lowest BCUT2D eigenvalue weighted by Gasteiger charge is -2.22. The van der Waals surface area contributed by atoms with Crippen molar-refractivity contribution in [1.82, 2.24) is 20.4 Å². The van der Waals surface area contributed by atoms with E-state index >= 15 is 0 Å². The number of benzene rings is 2. The Kier molecular flexibility index (Phi) is 13.2. The molecule has 0 aliphatic carbocycles. The van der Waals surface area contributed by atoms with Crippen LogP contribution in [0.4, 0.5) is 18.9 Å². The van der Waals surface area contributed by atoms with Gasteiger partial charge in [-0.1, -0.05) is 28.9 Å². The Morgan fingerprint density at radius 2 is 1.78 bits per heavy atom. The number of likely N-dealkylation sites (tertiary alicyclic amines) is 1. The third-order valence-electron chi connectivity index (χ3n) is 7.53. The Hall–Kier alpha value is -4.15. The highest BCUT2D eigenvalue weighted by Crippen LogP contribution is 2.31. The van der Waals surface area contributed by atoms with E-state index in [0.717, 1.165) is 38.2 Å². The average molecular weight is 690 g/mol. The zero-order valence-electron chi connectivity index (χ0n) is 25.5. The monoisotopic (exact) mass is 688 g/mol. The first-order valence-corrected chi connectivity index (χ1v) is 16.2. The standard InChI is InChI=1S/C31H34F3N7O2.CH3Br/c1-3-23(14-18-40-16-4-5-17-40)38-29(42)27(30(43)39-24-8-6-7-22(19-24)31(32,33)34)28(36-2)26-13-15-37-41(26)25-11-9-21(20-35)10-12-25;1-2/h6-13,15,19,23,36H,3-5,14,16-18H2,1-2H3,(H,38,42)(H,39,43);1H3/p+1/b28-27-;. The molecule has 0 bridgehead atoms. The number of aromatic nitrogens is 2. The Balaban J connectivity index is 0.00000271. The molecule has 2 heterocycles. The number of nitrogens with zero attached hydrogens (tertiary/aromatic N) is 3. The van der Waals surface area contributed by atoms with Gasteiger partial charge < -0.3 is 20.9 Å². The van der Waals surface area contributed by atoms with Crippen LogP contribution in [-0.4, -0.2) is 60.2 Å². The highest BCUT2D eigenvalue weighted by Gasteiger charge is 2.32. The molecule has 1 saturated heterocycles. The van der Waals surface area contributed by atoms with Crippen LogP contribution in [0.5, 0.6) is 0 Å². The van der Waals surface area contributed by atoms with E-state index in [2.05, 4.69) is 43.0 Å². The predicted octanol–water partition coefficient (Wildman–Crippen LogP) is 4.31. The van der Waals surface area contributed by atoms with Crippen LogP contribution >= 0.6 is 15.9 Å². The van der Waals surface area contributed by atoms with Gasteiger partial charge in [-0.05, 0) is 60.8 Å². The molecule has 1 fully saturated rings. The molecule has 0 saturated carbocycles. The van der Waals surface area contributed by atoms with Crippen LogP contribution in [0.15, 0.2) is 66.4 Å². The van der Waals surface area contributed by atoms with Crippen molar-refractivity contribution in [3.63, 3.8) is 0 Å². The van der Waals surface area contributed by atoms with Gasteiger partial charge in [-0.2, -0.15) is 23.5 Å². The smallest absolute Gasteiger partial charge is 0.386 e. The number of carbonyl (C=O) groups excluding carboxylic acids is 2. The fourth-order valence-corrected chi connectivity index (χ4v) is 5.19. The number of rotatable bonds is 11. The summed E-state index contributed by atoms with van der Waals surface area (Å²) in [7, 11) is 1.55. The molecule has 1 unspecified atom stereocenters. The zero-order valence-corrected chi connectivity index (χ0v) is 27.1. The van der Waals surface area contributed by atoms with Crippen LogP contribution in [0.3, 0.4) is 0 Å². The minimum Gasteiger partial charge on any atom is -0.386 e. The fourth-order valence-electron chi connectivity index (χ4n) is 5.19. The van der Waals surface area contributed by atoms with E-state index in [4.69, 9.17) is 5.26 Å². The number of alkyl halides is 4. The van der Waals surface area contributed by atoms with Crippen LogP contribution in [0.25, 0.3) is 11.4 Å². The maximum absolute atomic E-state index is 13.9. The van der Waals surface area contributed by atoms with Gasteiger partial charge >= 0.3 is 6.18 Å². The maximum atomic E-state index is 13.9. The zero-order chi connectivity index (χ0) is 33.0. The first-order valence-electron chi connectivity index (χ1n) is 14.6. The number of nitrogens with one attached hydrogen (secondary N) is 4. The second-order valence-electron chi connectivity index (χ2n) is 10.4. The Morgan fingerprint density at radius 1 is 1.09 bits per heavy atom. The highest BCUT2D eigenvalue weighted by atomic mass is 79.9. The molecule has 0 radical (unpaired) electrons. The second kappa shape index (κ2) is 16.8. The Morgan fingerprint density at radius 3 is 2.38 bits per heavy atom. The number of halogens is 4. The summed E-state index contributed by atoms with van der Waals surface area (Å²) in [4.78, 5) is 29.1. The van der Waals surface area contributed by atoms with Crippen molar-refractivity contribution in [1.29, 1.82) is 5.26 Å². The number of hydrogen-bond donors (Lipinski definition) is 4. The third-order valence-corrected chi connectivity index (χ3v) is 7.53. The molecule has 1 atom stereocenters. The van der Waals surface area contributed by atoms with Crippen molar-refractivity contribution in [2.75, 3.05) is 37.8 Å². The Bertz CT molecular complexity index is 1510. The second-order valence-corrected chi connectivity index (χ2v) is 10.4. The van der Waals surface area contributed by atoms with E-state index < -0.39 is 23.6 Å². The van der Waals surface area contributed by atoms with Crippen molar-refractivity contribution in [3.05, 3.63) is 83.2 Å². The number of hydrogen-bond acceptors (Lipinski definition) is 5. The molecule has 0 spiro atoms. The molecule has 4 N–H and O–H groups in total. The fraction of sp³-hybridized carbons (Fsp3) is 0.375. The van der Waals surface area contributed by atoms with Crippen LogP contribution in [0.2, 0.25) is 0 Å².